The molecule has 1 saturated heterocycles. The fourth-order valence-electron chi connectivity index (χ4n) is 6.15. The number of aryl methyl sites for hydroxylation is 1. The van der Waals surface area contributed by atoms with Crippen LogP contribution in [0.25, 0.3) is 0 Å². The number of carbonyl (C=O) groups excluding carboxylic acids is 2. The van der Waals surface area contributed by atoms with Gasteiger partial charge in [-0.1, -0.05) is 18.9 Å². The van der Waals surface area contributed by atoms with E-state index in [-0.39, 0.29) is 23.7 Å². The van der Waals surface area contributed by atoms with E-state index in [1.54, 1.807) is 0 Å². The second-order valence-electron chi connectivity index (χ2n) is 10.3. The molecule has 5 nitrogen and oxygen atoms in total. The Morgan fingerprint density at radius 2 is 1.91 bits per heavy atom. The number of benzene rings is 1. The van der Waals surface area contributed by atoms with Crippen LogP contribution in [0.1, 0.15) is 89.2 Å². The molecule has 4 rings (SSSR count). The Morgan fingerprint density at radius 1 is 1.14 bits per heavy atom. The first kappa shape index (κ1) is 25.5. The molecule has 1 N–H and O–H groups in total. The third-order valence-corrected chi connectivity index (χ3v) is 8.04. The quantitative estimate of drug-likeness (QED) is 0.482. The van der Waals surface area contributed by atoms with Gasteiger partial charge in [-0.15, -0.1) is 0 Å². The van der Waals surface area contributed by atoms with Crippen LogP contribution in [-0.4, -0.2) is 36.8 Å². The van der Waals surface area contributed by atoms with Crippen molar-refractivity contribution in [1.29, 1.82) is 0 Å². The van der Waals surface area contributed by atoms with Crippen molar-refractivity contribution < 1.29 is 18.7 Å². The standard InChI is InChI=1S/C29H39FN2O3/c1-3-4-11-26(31-28(34)24-10-6-5-8-21(24)2)32-15-13-29(14-16-32)12-7-9-22-19-23(35-18-17-33)20-25(30)27(22)29/h11,17,19-20H,3-10,12-16,18H2,1-2H3,(H,31,34)/b26-11-. The highest BCUT2D eigenvalue weighted by molar-refractivity contribution is 5.95. The number of hydrogen-bond acceptors (Lipinski definition) is 4. The van der Waals surface area contributed by atoms with Crippen molar-refractivity contribution in [3.63, 3.8) is 0 Å². The van der Waals surface area contributed by atoms with Gasteiger partial charge in [-0.25, -0.2) is 4.39 Å². The Kier molecular flexibility index (Phi) is 8.30. The van der Waals surface area contributed by atoms with Gasteiger partial charge in [0, 0.05) is 30.1 Å². The third-order valence-electron chi connectivity index (χ3n) is 8.04. The summed E-state index contributed by atoms with van der Waals surface area (Å²) in [5, 5.41) is 3.24. The molecular weight excluding hydrogens is 443 g/mol. The lowest BCUT2D eigenvalue weighted by Gasteiger charge is -2.46. The van der Waals surface area contributed by atoms with E-state index in [9.17, 15) is 9.59 Å². The molecule has 6 heteroatoms. The maximum atomic E-state index is 15.4. The number of allylic oxidation sites excluding steroid dienone is 2. The summed E-state index contributed by atoms with van der Waals surface area (Å²) in [5.74, 6) is 1.17. The third kappa shape index (κ3) is 5.62. The first-order valence-electron chi connectivity index (χ1n) is 13.3. The van der Waals surface area contributed by atoms with Crippen molar-refractivity contribution in [3.8, 4) is 5.75 Å². The minimum atomic E-state index is -0.216. The Hall–Kier alpha value is -2.63. The number of amides is 1. The van der Waals surface area contributed by atoms with E-state index in [0.29, 0.717) is 12.0 Å². The molecular formula is C29H39FN2O3. The highest BCUT2D eigenvalue weighted by Crippen LogP contribution is 2.47. The lowest BCUT2D eigenvalue weighted by molar-refractivity contribution is -0.117. The molecule has 190 valence electrons. The lowest BCUT2D eigenvalue weighted by atomic mass is 9.64. The van der Waals surface area contributed by atoms with E-state index in [0.717, 1.165) is 106 Å². The monoisotopic (exact) mass is 482 g/mol. The number of aldehydes is 1. The molecule has 2 aliphatic carbocycles. The van der Waals surface area contributed by atoms with Gasteiger partial charge in [-0.3, -0.25) is 9.59 Å². The van der Waals surface area contributed by atoms with Gasteiger partial charge in [0.2, 0.25) is 0 Å². The van der Waals surface area contributed by atoms with Crippen molar-refractivity contribution >= 4 is 12.2 Å². The molecule has 0 saturated carbocycles. The first-order valence-corrected chi connectivity index (χ1v) is 13.3. The van der Waals surface area contributed by atoms with Crippen LogP contribution in [-0.2, 0) is 21.4 Å². The van der Waals surface area contributed by atoms with Crippen LogP contribution in [0.2, 0.25) is 0 Å². The zero-order chi connectivity index (χ0) is 24.8. The molecule has 0 bridgehead atoms. The molecule has 1 heterocycles. The topological polar surface area (TPSA) is 58.6 Å². The van der Waals surface area contributed by atoms with Crippen LogP contribution >= 0.6 is 0 Å². The van der Waals surface area contributed by atoms with Crippen molar-refractivity contribution in [2.45, 2.75) is 89.9 Å². The second-order valence-corrected chi connectivity index (χ2v) is 10.3. The van der Waals surface area contributed by atoms with Crippen LogP contribution < -0.4 is 10.1 Å². The normalized spacial score (nSPS) is 20.0. The van der Waals surface area contributed by atoms with Gasteiger partial charge in [-0.05, 0) is 94.4 Å². The smallest absolute Gasteiger partial charge is 0.252 e. The van der Waals surface area contributed by atoms with Crippen LogP contribution in [0.5, 0.6) is 5.75 Å². The summed E-state index contributed by atoms with van der Waals surface area (Å²) in [6.45, 7) is 5.74. The molecule has 0 unspecified atom stereocenters. The molecule has 1 fully saturated rings. The number of nitrogens with one attached hydrogen (secondary N) is 1. The van der Waals surface area contributed by atoms with Gasteiger partial charge in [0.1, 0.15) is 24.0 Å². The summed E-state index contributed by atoms with van der Waals surface area (Å²) in [7, 11) is 0. The number of rotatable bonds is 8. The van der Waals surface area contributed by atoms with Gasteiger partial charge < -0.3 is 15.0 Å². The first-order chi connectivity index (χ1) is 17.0. The number of hydrogen-bond donors (Lipinski definition) is 1. The summed E-state index contributed by atoms with van der Waals surface area (Å²) in [5.41, 5.74) is 3.84. The van der Waals surface area contributed by atoms with E-state index in [1.165, 1.54) is 11.6 Å². The van der Waals surface area contributed by atoms with Gasteiger partial charge >= 0.3 is 0 Å². The molecule has 1 spiro atoms. The Balaban J connectivity index is 1.50. The molecule has 1 aromatic rings. The fraction of sp³-hybridized carbons (Fsp3) is 0.586. The van der Waals surface area contributed by atoms with Gasteiger partial charge in [-0.2, -0.15) is 0 Å². The largest absolute Gasteiger partial charge is 0.486 e. The number of ether oxygens (including phenoxy) is 1. The average molecular weight is 483 g/mol. The summed E-state index contributed by atoms with van der Waals surface area (Å²) >= 11 is 0. The summed E-state index contributed by atoms with van der Waals surface area (Å²) in [6.07, 6.45) is 13.4. The number of likely N-dealkylation sites (tertiary alicyclic amines) is 1. The van der Waals surface area contributed by atoms with E-state index in [4.69, 9.17) is 4.74 Å². The average Bonchev–Trinajstić information content (AvgIpc) is 2.86. The highest BCUT2D eigenvalue weighted by Gasteiger charge is 2.42. The SMILES string of the molecule is CCC/C=C(/NC(=O)C1=C(C)CCCC1)N1CCC2(CCCc3cc(OCC=O)cc(F)c32)CC1. The molecule has 3 aliphatic rings. The number of halogens is 1. The summed E-state index contributed by atoms with van der Waals surface area (Å²) in [6, 6.07) is 3.36. The van der Waals surface area contributed by atoms with Crippen LogP contribution in [0, 0.1) is 5.82 Å². The zero-order valence-corrected chi connectivity index (χ0v) is 21.3. The Labute approximate surface area is 208 Å². The van der Waals surface area contributed by atoms with Gasteiger partial charge in [0.05, 0.1) is 0 Å². The minimum Gasteiger partial charge on any atom is -0.486 e. The summed E-state index contributed by atoms with van der Waals surface area (Å²) in [4.78, 5) is 26.1. The predicted molar refractivity (Wildman–Crippen MR) is 136 cm³/mol. The maximum absolute atomic E-state index is 15.4. The zero-order valence-electron chi connectivity index (χ0n) is 21.3. The molecule has 0 aromatic heterocycles. The van der Waals surface area contributed by atoms with Crippen molar-refractivity contribution in [2.75, 3.05) is 19.7 Å². The molecule has 1 aliphatic heterocycles. The van der Waals surface area contributed by atoms with Crippen LogP contribution in [0.3, 0.4) is 0 Å². The number of nitrogens with zero attached hydrogens (tertiary/aromatic N) is 1. The molecule has 1 amide bonds. The van der Waals surface area contributed by atoms with Crippen molar-refractivity contribution in [2.24, 2.45) is 0 Å². The molecule has 35 heavy (non-hydrogen) atoms. The van der Waals surface area contributed by atoms with Gasteiger partial charge in [0.15, 0.2) is 6.29 Å². The molecule has 1 aromatic carbocycles. The van der Waals surface area contributed by atoms with E-state index >= 15 is 4.39 Å². The van der Waals surface area contributed by atoms with Crippen molar-refractivity contribution in [1.82, 2.24) is 10.2 Å². The number of fused-ring (bicyclic) bond motifs is 2. The van der Waals surface area contributed by atoms with Crippen LogP contribution in [0.4, 0.5) is 4.39 Å². The van der Waals surface area contributed by atoms with E-state index in [2.05, 4.69) is 30.1 Å². The van der Waals surface area contributed by atoms with Crippen LogP contribution in [0.15, 0.2) is 35.2 Å². The van der Waals surface area contributed by atoms with Gasteiger partial charge in [0.25, 0.3) is 5.91 Å². The second kappa shape index (κ2) is 11.4. The molecule has 0 atom stereocenters. The maximum Gasteiger partial charge on any atom is 0.252 e. The van der Waals surface area contributed by atoms with E-state index in [1.807, 2.05) is 6.07 Å². The number of piperidine rings is 1. The van der Waals surface area contributed by atoms with Crippen molar-refractivity contribution in [3.05, 3.63) is 52.1 Å². The Morgan fingerprint density at radius 3 is 2.63 bits per heavy atom. The minimum absolute atomic E-state index is 0.0433. The lowest BCUT2D eigenvalue weighted by Crippen LogP contribution is -2.47. The number of unbranched alkanes of at least 4 members (excludes halogenated alkanes) is 1. The summed E-state index contributed by atoms with van der Waals surface area (Å²) < 4.78 is 20.8. The highest BCUT2D eigenvalue weighted by atomic mass is 19.1. The Bertz CT molecular complexity index is 1010. The fourth-order valence-corrected chi connectivity index (χ4v) is 6.15. The van der Waals surface area contributed by atoms with E-state index < -0.39 is 0 Å². The molecule has 0 radical (unpaired) electrons. The number of carbonyl (C=O) groups is 2. The predicted octanol–water partition coefficient (Wildman–Crippen LogP) is 5.72.